The Morgan fingerprint density at radius 2 is 0.386 bits per heavy atom. The third-order valence-electron chi connectivity index (χ3n) is 29.0. The Labute approximate surface area is 610 Å². The first-order valence-corrected chi connectivity index (χ1v) is 43.0. The lowest BCUT2D eigenvalue weighted by atomic mass is 9.46. The van der Waals surface area contributed by atoms with Gasteiger partial charge >= 0.3 is 0 Å². The molecule has 88 heavy (non-hydrogen) atoms. The number of hydrogen-bond donors (Lipinski definition) is 0. The molecule has 24 atom stereocenters. The van der Waals surface area contributed by atoms with Crippen LogP contribution < -0.4 is 0 Å². The molecule has 498 valence electrons. The summed E-state index contributed by atoms with van der Waals surface area (Å²) in [5.41, 5.74) is 3.21. The Morgan fingerprint density at radius 1 is 0.182 bits per heavy atom. The lowest BCUT2D eigenvalue weighted by Crippen LogP contribution is -2.66. The lowest BCUT2D eigenvalue weighted by Gasteiger charge is -2.59. The molecule has 0 aromatic heterocycles. The molecular weight excluding hydrogens is 1430 g/mol. The average Bonchev–Trinajstić information content (AvgIpc) is 0.896. The normalized spacial score (nSPS) is 57.2. The predicted molar refractivity (Wildman–Crippen MR) is 383 cm³/mol. The van der Waals surface area contributed by atoms with Crippen molar-refractivity contribution < 1.29 is 0 Å². The Kier molecular flexibility index (Phi) is 22.7. The van der Waals surface area contributed by atoms with Gasteiger partial charge in [0.1, 0.15) is 0 Å². The van der Waals surface area contributed by atoms with Crippen LogP contribution in [0.5, 0.6) is 0 Å². The van der Waals surface area contributed by atoms with E-state index in [4.69, 9.17) is 186 Å². The summed E-state index contributed by atoms with van der Waals surface area (Å²) in [6.07, 6.45) is 42.8. The van der Waals surface area contributed by atoms with Gasteiger partial charge in [-0.2, -0.15) is 0 Å². The highest BCUT2D eigenvalue weighted by Gasteiger charge is 2.65. The van der Waals surface area contributed by atoms with Crippen molar-refractivity contribution in [1.29, 1.82) is 0 Å². The molecule has 0 saturated heterocycles. The maximum absolute atomic E-state index is 7.75. The van der Waals surface area contributed by atoms with Crippen molar-refractivity contribution in [3.05, 3.63) is 23.3 Å². The number of allylic oxidation sites excluding steroid dienone is 4. The SMILES string of the molecule is ClC1C(Cl)C(C2C(Cl)C(Cl)C(C3C(Cl)C(Cl)C(C4C(Cl)C(Cl)C(C=C(C5CCCCC5)C5CC6CCC7CCCC8CCC(C5)C6C78)C(Cl)C4Cl)C(Cl)C3Cl)C(Cl)C2Cl)C(Cl)C(Cl)C1C=C(C1CCCCC1)C1CC2CCC3CCCC4CCC(C1)C2C34. The first-order chi connectivity index (χ1) is 42.3. The molecule has 0 amide bonds. The molecule has 16 heteroatoms. The van der Waals surface area contributed by atoms with E-state index in [1.165, 1.54) is 180 Å². The minimum atomic E-state index is -0.769. The number of hydrogen-bond acceptors (Lipinski definition) is 0. The van der Waals surface area contributed by atoms with Crippen LogP contribution in [0.2, 0.25) is 0 Å². The molecule has 0 radical (unpaired) electrons. The van der Waals surface area contributed by atoms with Crippen molar-refractivity contribution in [2.75, 3.05) is 0 Å². The summed E-state index contributed by atoms with van der Waals surface area (Å²) in [4.78, 5) is 0. The molecule has 14 aliphatic carbocycles. The Bertz CT molecular complexity index is 2170. The molecule has 24 unspecified atom stereocenters. The number of halogens is 16. The predicted octanol–water partition coefficient (Wildman–Crippen LogP) is 24.5. The molecule has 14 aliphatic rings. The van der Waals surface area contributed by atoms with E-state index in [-0.39, 0.29) is 11.8 Å². The van der Waals surface area contributed by atoms with Crippen molar-refractivity contribution >= 4 is 186 Å². The van der Waals surface area contributed by atoms with Crippen molar-refractivity contribution in [3.8, 4) is 0 Å². The van der Waals surface area contributed by atoms with Crippen molar-refractivity contribution in [2.45, 2.75) is 266 Å². The van der Waals surface area contributed by atoms with E-state index in [0.29, 0.717) is 23.7 Å². The van der Waals surface area contributed by atoms with Gasteiger partial charge in [0.05, 0.1) is 86.0 Å². The van der Waals surface area contributed by atoms with E-state index in [0.717, 1.165) is 71.0 Å². The van der Waals surface area contributed by atoms with E-state index in [1.807, 2.05) is 0 Å². The fourth-order valence-corrected chi connectivity index (χ4v) is 33.6. The summed E-state index contributed by atoms with van der Waals surface area (Å²) < 4.78 is 0. The van der Waals surface area contributed by atoms with Gasteiger partial charge in [0.25, 0.3) is 0 Å². The maximum Gasteiger partial charge on any atom is 0.0580 e. The Balaban J connectivity index is 0.668. The number of rotatable bonds is 9. The van der Waals surface area contributed by atoms with Gasteiger partial charge in [0, 0.05) is 47.3 Å². The molecule has 0 N–H and O–H groups in total. The van der Waals surface area contributed by atoms with Gasteiger partial charge in [0.2, 0.25) is 0 Å². The third-order valence-corrected chi connectivity index (χ3v) is 39.1. The zero-order valence-corrected chi connectivity index (χ0v) is 63.2. The molecule has 0 heterocycles. The van der Waals surface area contributed by atoms with Gasteiger partial charge in [-0.1, -0.05) is 100 Å². The van der Waals surface area contributed by atoms with Crippen LogP contribution in [0.4, 0.5) is 0 Å². The highest BCUT2D eigenvalue weighted by atomic mass is 35.5. The van der Waals surface area contributed by atoms with E-state index in [9.17, 15) is 0 Å². The van der Waals surface area contributed by atoms with Crippen LogP contribution in [-0.2, 0) is 0 Å². The minimum absolute atomic E-state index is 0.230. The van der Waals surface area contributed by atoms with Gasteiger partial charge in [0.15, 0.2) is 0 Å². The summed E-state index contributed by atoms with van der Waals surface area (Å²) in [6, 6.07) is 0. The van der Waals surface area contributed by atoms with Crippen LogP contribution >= 0.6 is 186 Å². The van der Waals surface area contributed by atoms with E-state index in [2.05, 4.69) is 12.2 Å². The van der Waals surface area contributed by atoms with Crippen LogP contribution in [0, 0.1) is 142 Å². The first kappa shape index (κ1) is 69.2. The average molecular weight is 1530 g/mol. The van der Waals surface area contributed by atoms with E-state index < -0.39 is 122 Å². The summed E-state index contributed by atoms with van der Waals surface area (Å²) in [6.45, 7) is 0. The summed E-state index contributed by atoms with van der Waals surface area (Å²) in [5.74, 6) is 9.31. The fraction of sp³-hybridized carbons (Fsp3) is 0.944. The highest BCUT2D eigenvalue weighted by molar-refractivity contribution is 6.39. The van der Waals surface area contributed by atoms with Gasteiger partial charge in [-0.3, -0.25) is 0 Å². The Morgan fingerprint density at radius 3 is 0.625 bits per heavy atom. The van der Waals surface area contributed by atoms with Crippen LogP contribution in [-0.4, -0.2) is 86.0 Å². The van der Waals surface area contributed by atoms with Crippen molar-refractivity contribution in [3.63, 3.8) is 0 Å². The topological polar surface area (TPSA) is 0 Å². The summed E-state index contributed by atoms with van der Waals surface area (Å²) in [5, 5.41) is -10.6. The standard InChI is InChI=1S/C72H98Cl16/c73-57-45(29-43(31-9-3-1-4-10-31)41-25-37-21-17-33-13-7-14-34-18-22-38(26-41)49(37)47(33)34)58(74)62(78)51(61(57)77)53-65(81)69(85)55(70(86)66(53)82)56-71(87)67(83)54(68(84)72(56)88)52-63(79)59(75)46(60(76)64(52)80)30-44(32-11-5-2-6-12-32)42-27-39-23-19-35-15-8-16-36-20-24-40(28-42)50(39)48(35)36/h29-42,45-72H,1-28H2. The van der Waals surface area contributed by atoms with Crippen LogP contribution in [0.1, 0.15) is 180 Å². The summed E-state index contributed by atoms with van der Waals surface area (Å²) in [7, 11) is 0. The molecule has 0 spiro atoms. The lowest BCUT2D eigenvalue weighted by molar-refractivity contribution is -0.0857. The monoisotopic (exact) mass is 1520 g/mol. The zero-order chi connectivity index (χ0) is 61.5. The van der Waals surface area contributed by atoms with Crippen LogP contribution in [0.3, 0.4) is 0 Å². The molecule has 14 fully saturated rings. The highest BCUT2D eigenvalue weighted by Crippen LogP contribution is 2.66. The quantitative estimate of drug-likeness (QED) is 0.159. The molecular formula is C72H98Cl16. The van der Waals surface area contributed by atoms with Crippen LogP contribution in [0.25, 0.3) is 0 Å². The number of alkyl halides is 16. The largest absolute Gasteiger partial charge is 0.121 e. The van der Waals surface area contributed by atoms with Gasteiger partial charge in [-0.25, -0.2) is 0 Å². The van der Waals surface area contributed by atoms with Crippen molar-refractivity contribution in [1.82, 2.24) is 0 Å². The van der Waals surface area contributed by atoms with E-state index in [1.54, 1.807) is 11.1 Å². The molecule has 0 aromatic rings. The van der Waals surface area contributed by atoms with Gasteiger partial charge in [-0.05, 0) is 197 Å². The second-order valence-corrected chi connectivity index (χ2v) is 40.7. The summed E-state index contributed by atoms with van der Waals surface area (Å²) >= 11 is 124. The first-order valence-electron chi connectivity index (χ1n) is 36.0. The molecule has 0 bridgehead atoms. The maximum atomic E-state index is 7.75. The molecule has 0 aliphatic heterocycles. The smallest absolute Gasteiger partial charge is 0.0580 e. The van der Waals surface area contributed by atoms with Crippen LogP contribution in [0.15, 0.2) is 23.3 Å². The molecule has 14 rings (SSSR count). The minimum Gasteiger partial charge on any atom is -0.121 e. The second-order valence-electron chi connectivity index (χ2n) is 32.6. The van der Waals surface area contributed by atoms with Gasteiger partial charge in [-0.15, -0.1) is 186 Å². The van der Waals surface area contributed by atoms with Crippen molar-refractivity contribution in [2.24, 2.45) is 142 Å². The van der Waals surface area contributed by atoms with E-state index >= 15 is 0 Å². The second kappa shape index (κ2) is 28.9. The molecule has 0 nitrogen and oxygen atoms in total. The molecule has 14 saturated carbocycles. The Hall–Kier alpha value is 4.12. The third kappa shape index (κ3) is 12.4. The fourth-order valence-electron chi connectivity index (χ4n) is 25.5. The molecule has 0 aromatic carbocycles. The zero-order valence-electron chi connectivity index (χ0n) is 51.1. The van der Waals surface area contributed by atoms with Gasteiger partial charge < -0.3 is 0 Å².